The highest BCUT2D eigenvalue weighted by Crippen LogP contribution is 2.27. The zero-order valence-corrected chi connectivity index (χ0v) is 16.9. The van der Waals surface area contributed by atoms with Gasteiger partial charge >= 0.3 is 0 Å². The molecule has 1 fully saturated rings. The zero-order valence-electron chi connectivity index (χ0n) is 16.9. The minimum Gasteiger partial charge on any atom is -0.343 e. The predicted molar refractivity (Wildman–Crippen MR) is 103 cm³/mol. The number of carbonyl (C=O) groups is 1. The average Bonchev–Trinajstić information content (AvgIpc) is 3.26. The number of hydrogen-bond donors (Lipinski definition) is 0. The zero-order chi connectivity index (χ0) is 19.8. The summed E-state index contributed by atoms with van der Waals surface area (Å²) in [5, 5.41) is 8.38. The van der Waals surface area contributed by atoms with Gasteiger partial charge in [0.1, 0.15) is 0 Å². The number of aryl methyl sites for hydroxylation is 4. The minimum absolute atomic E-state index is 0.190. The van der Waals surface area contributed by atoms with Crippen molar-refractivity contribution in [1.82, 2.24) is 29.6 Å². The van der Waals surface area contributed by atoms with Gasteiger partial charge in [-0.1, -0.05) is 5.16 Å². The summed E-state index contributed by atoms with van der Waals surface area (Å²) in [5.41, 5.74) is 4.96. The molecule has 148 valence electrons. The van der Waals surface area contributed by atoms with E-state index in [9.17, 15) is 4.79 Å². The van der Waals surface area contributed by atoms with Gasteiger partial charge in [0.2, 0.25) is 11.8 Å². The first-order chi connectivity index (χ1) is 13.4. The van der Waals surface area contributed by atoms with Crippen LogP contribution in [0.5, 0.6) is 0 Å². The fraction of sp³-hybridized carbons (Fsp3) is 0.550. The van der Waals surface area contributed by atoms with Crippen molar-refractivity contribution < 1.29 is 9.32 Å². The molecule has 4 rings (SSSR count). The molecule has 0 atom stereocenters. The van der Waals surface area contributed by atoms with Gasteiger partial charge in [-0.05, 0) is 52.5 Å². The second-order valence-electron chi connectivity index (χ2n) is 7.65. The Hall–Kier alpha value is -2.77. The third kappa shape index (κ3) is 3.50. The molecule has 0 unspecified atom stereocenters. The summed E-state index contributed by atoms with van der Waals surface area (Å²) in [6.45, 7) is 9.31. The lowest BCUT2D eigenvalue weighted by atomic mass is 9.96. The standard InChI is InChI=1S/C20H26N6O2/c1-12-11-18-21-13(2)17(14(3)26(18)23-12)5-6-19(27)25-9-7-16(8-10-25)20-22-15(4)24-28-20/h11,16H,5-10H2,1-4H3. The Labute approximate surface area is 163 Å². The van der Waals surface area contributed by atoms with Gasteiger partial charge in [0.15, 0.2) is 11.5 Å². The van der Waals surface area contributed by atoms with Gasteiger partial charge < -0.3 is 9.42 Å². The van der Waals surface area contributed by atoms with Crippen molar-refractivity contribution >= 4 is 11.6 Å². The third-order valence-corrected chi connectivity index (χ3v) is 5.62. The van der Waals surface area contributed by atoms with Crippen molar-refractivity contribution in [3.63, 3.8) is 0 Å². The molecule has 0 N–H and O–H groups in total. The summed E-state index contributed by atoms with van der Waals surface area (Å²) in [7, 11) is 0. The highest BCUT2D eigenvalue weighted by Gasteiger charge is 2.27. The fourth-order valence-corrected chi connectivity index (χ4v) is 4.05. The van der Waals surface area contributed by atoms with E-state index in [1.807, 2.05) is 43.2 Å². The fourth-order valence-electron chi connectivity index (χ4n) is 4.05. The number of carbonyl (C=O) groups excluding carboxylic acids is 1. The maximum absolute atomic E-state index is 12.7. The second kappa shape index (κ2) is 7.33. The van der Waals surface area contributed by atoms with E-state index in [1.165, 1.54) is 0 Å². The molecular formula is C20H26N6O2. The molecule has 1 aliphatic rings. The quantitative estimate of drug-likeness (QED) is 0.689. The molecule has 1 amide bonds. The predicted octanol–water partition coefficient (Wildman–Crippen LogP) is 2.68. The lowest BCUT2D eigenvalue weighted by Crippen LogP contribution is -2.38. The van der Waals surface area contributed by atoms with E-state index in [1.54, 1.807) is 0 Å². The molecule has 1 saturated heterocycles. The van der Waals surface area contributed by atoms with E-state index in [2.05, 4.69) is 20.2 Å². The van der Waals surface area contributed by atoms with Gasteiger partial charge in [0.25, 0.3) is 0 Å². The average molecular weight is 382 g/mol. The van der Waals surface area contributed by atoms with Crippen molar-refractivity contribution in [1.29, 1.82) is 0 Å². The maximum atomic E-state index is 12.7. The number of nitrogens with zero attached hydrogens (tertiary/aromatic N) is 6. The molecule has 0 saturated carbocycles. The number of piperidine rings is 1. The molecule has 3 aromatic heterocycles. The molecule has 0 aromatic carbocycles. The van der Waals surface area contributed by atoms with Gasteiger partial charge in [-0.2, -0.15) is 10.1 Å². The molecule has 4 heterocycles. The Morgan fingerprint density at radius 3 is 2.61 bits per heavy atom. The number of amides is 1. The number of likely N-dealkylation sites (tertiary alicyclic amines) is 1. The summed E-state index contributed by atoms with van der Waals surface area (Å²) >= 11 is 0. The van der Waals surface area contributed by atoms with Crippen molar-refractivity contribution in [2.75, 3.05) is 13.1 Å². The molecule has 0 radical (unpaired) electrons. The van der Waals surface area contributed by atoms with Crippen molar-refractivity contribution in [3.8, 4) is 0 Å². The van der Waals surface area contributed by atoms with E-state index >= 15 is 0 Å². The van der Waals surface area contributed by atoms with E-state index in [0.29, 0.717) is 24.6 Å². The van der Waals surface area contributed by atoms with Crippen LogP contribution in [0.4, 0.5) is 0 Å². The summed E-state index contributed by atoms with van der Waals surface area (Å²) in [6.07, 6.45) is 2.90. The Morgan fingerprint density at radius 1 is 1.18 bits per heavy atom. The molecule has 0 bridgehead atoms. The van der Waals surface area contributed by atoms with Crippen LogP contribution in [0.3, 0.4) is 0 Å². The van der Waals surface area contributed by atoms with Crippen LogP contribution in [0.2, 0.25) is 0 Å². The first-order valence-corrected chi connectivity index (χ1v) is 9.83. The highest BCUT2D eigenvalue weighted by molar-refractivity contribution is 5.76. The van der Waals surface area contributed by atoms with Crippen LogP contribution in [0.1, 0.15) is 59.5 Å². The molecule has 8 heteroatoms. The lowest BCUT2D eigenvalue weighted by Gasteiger charge is -2.30. The number of rotatable bonds is 4. The minimum atomic E-state index is 0.190. The summed E-state index contributed by atoms with van der Waals surface area (Å²) < 4.78 is 7.16. The first-order valence-electron chi connectivity index (χ1n) is 9.83. The van der Waals surface area contributed by atoms with Crippen molar-refractivity contribution in [2.45, 2.75) is 59.3 Å². The normalized spacial score (nSPS) is 15.5. The van der Waals surface area contributed by atoms with E-state index in [4.69, 9.17) is 4.52 Å². The lowest BCUT2D eigenvalue weighted by molar-refractivity contribution is -0.132. The van der Waals surface area contributed by atoms with Gasteiger partial charge in [0, 0.05) is 42.9 Å². The van der Waals surface area contributed by atoms with Crippen LogP contribution < -0.4 is 0 Å². The van der Waals surface area contributed by atoms with Crippen LogP contribution in [-0.2, 0) is 11.2 Å². The number of aromatic nitrogens is 5. The van der Waals surface area contributed by atoms with Gasteiger partial charge in [-0.3, -0.25) is 4.79 Å². The largest absolute Gasteiger partial charge is 0.343 e. The van der Waals surface area contributed by atoms with E-state index in [0.717, 1.165) is 54.2 Å². The summed E-state index contributed by atoms with van der Waals surface area (Å²) in [4.78, 5) is 23.7. The number of fused-ring (bicyclic) bond motifs is 1. The molecule has 1 aliphatic heterocycles. The number of hydrogen-bond acceptors (Lipinski definition) is 6. The Kier molecular flexibility index (Phi) is 4.87. The van der Waals surface area contributed by atoms with Crippen LogP contribution in [0.25, 0.3) is 5.65 Å². The third-order valence-electron chi connectivity index (χ3n) is 5.62. The van der Waals surface area contributed by atoms with E-state index in [-0.39, 0.29) is 11.8 Å². The van der Waals surface area contributed by atoms with E-state index < -0.39 is 0 Å². The Balaban J connectivity index is 1.38. The molecule has 0 spiro atoms. The topological polar surface area (TPSA) is 89.4 Å². The molecule has 3 aromatic rings. The smallest absolute Gasteiger partial charge is 0.229 e. The van der Waals surface area contributed by atoms with Crippen LogP contribution in [0.15, 0.2) is 10.6 Å². The van der Waals surface area contributed by atoms with Gasteiger partial charge in [0.05, 0.1) is 5.69 Å². The Bertz CT molecular complexity index is 1010. The molecule has 28 heavy (non-hydrogen) atoms. The highest BCUT2D eigenvalue weighted by atomic mass is 16.5. The maximum Gasteiger partial charge on any atom is 0.229 e. The van der Waals surface area contributed by atoms with Crippen LogP contribution in [0, 0.1) is 27.7 Å². The van der Waals surface area contributed by atoms with Gasteiger partial charge in [-0.25, -0.2) is 9.50 Å². The van der Waals surface area contributed by atoms with Crippen LogP contribution in [-0.4, -0.2) is 48.6 Å². The molecular weight excluding hydrogens is 356 g/mol. The summed E-state index contributed by atoms with van der Waals surface area (Å²) in [5.74, 6) is 1.81. The first kappa shape index (κ1) is 18.6. The molecule has 0 aliphatic carbocycles. The summed E-state index contributed by atoms with van der Waals surface area (Å²) in [6, 6.07) is 1.98. The monoisotopic (exact) mass is 382 g/mol. The second-order valence-corrected chi connectivity index (χ2v) is 7.65. The Morgan fingerprint density at radius 2 is 1.93 bits per heavy atom. The molecule has 8 nitrogen and oxygen atoms in total. The SMILES string of the molecule is Cc1cc2nc(C)c(CCC(=O)N3CCC(c4nc(C)no4)CC3)c(C)n2n1. The van der Waals surface area contributed by atoms with Gasteiger partial charge in [-0.15, -0.1) is 0 Å². The van der Waals surface area contributed by atoms with Crippen molar-refractivity contribution in [3.05, 3.63) is 40.4 Å². The van der Waals surface area contributed by atoms with Crippen molar-refractivity contribution in [2.24, 2.45) is 0 Å². The van der Waals surface area contributed by atoms with Crippen LogP contribution >= 0.6 is 0 Å².